The molecule has 1 spiro atoms. The van der Waals surface area contributed by atoms with Crippen LogP contribution < -0.4 is 5.32 Å². The highest BCUT2D eigenvalue weighted by atomic mass is 16.2. The fraction of sp³-hybridized carbons (Fsp3) is 0.727. The highest BCUT2D eigenvalue weighted by molar-refractivity contribution is 5.86. The summed E-state index contributed by atoms with van der Waals surface area (Å²) in [6.45, 7) is 4.13. The summed E-state index contributed by atoms with van der Waals surface area (Å²) in [6, 6.07) is 0. The molecule has 1 amide bonds. The van der Waals surface area contributed by atoms with E-state index in [0.717, 1.165) is 25.0 Å². The molecule has 0 aromatic heterocycles. The number of carbonyl (C=O) groups excluding carboxylic acids is 1. The van der Waals surface area contributed by atoms with E-state index in [1.165, 1.54) is 18.4 Å². The van der Waals surface area contributed by atoms with E-state index < -0.39 is 0 Å². The quantitative estimate of drug-likeness (QED) is 0.607. The minimum atomic E-state index is -0.0242. The van der Waals surface area contributed by atoms with Crippen LogP contribution in [0.4, 0.5) is 0 Å². The Balaban J connectivity index is 2.28. The summed E-state index contributed by atoms with van der Waals surface area (Å²) in [5, 5.41) is 3.00. The zero-order valence-electron chi connectivity index (χ0n) is 8.44. The first-order valence-electron chi connectivity index (χ1n) is 5.12. The lowest BCUT2D eigenvalue weighted by molar-refractivity contribution is -0.130. The van der Waals surface area contributed by atoms with Gasteiger partial charge in [0.1, 0.15) is 0 Å². The van der Waals surface area contributed by atoms with Gasteiger partial charge in [-0.1, -0.05) is 18.4 Å². The van der Waals surface area contributed by atoms with E-state index in [-0.39, 0.29) is 11.3 Å². The molecular weight excluding hydrogens is 162 g/mol. The van der Waals surface area contributed by atoms with Crippen LogP contribution in [-0.2, 0) is 4.79 Å². The summed E-state index contributed by atoms with van der Waals surface area (Å²) in [5.74, 6) is 0.271. The predicted molar refractivity (Wildman–Crippen MR) is 52.0 cm³/mol. The van der Waals surface area contributed by atoms with Crippen LogP contribution in [-0.4, -0.2) is 5.91 Å². The maximum atomic E-state index is 11.8. The SMILES string of the molecule is CC1=C(C)NC(=O)C2(CCCC2)C1. The Bertz CT molecular complexity index is 272. The molecule has 0 aromatic rings. The number of nitrogens with one attached hydrogen (secondary N) is 1. The lowest BCUT2D eigenvalue weighted by Gasteiger charge is -2.33. The first-order valence-corrected chi connectivity index (χ1v) is 5.12. The summed E-state index contributed by atoms with van der Waals surface area (Å²) in [4.78, 5) is 11.8. The lowest BCUT2D eigenvalue weighted by Crippen LogP contribution is -2.42. The normalized spacial score (nSPS) is 26.8. The third kappa shape index (κ3) is 1.28. The zero-order chi connectivity index (χ0) is 9.47. The molecule has 1 aliphatic carbocycles. The highest BCUT2D eigenvalue weighted by Crippen LogP contribution is 2.45. The molecule has 0 saturated heterocycles. The minimum Gasteiger partial charge on any atom is -0.330 e. The molecule has 0 bridgehead atoms. The van der Waals surface area contributed by atoms with Crippen LogP contribution >= 0.6 is 0 Å². The first-order chi connectivity index (χ1) is 6.14. The Hall–Kier alpha value is -0.790. The molecule has 0 radical (unpaired) electrons. The van der Waals surface area contributed by atoms with Crippen molar-refractivity contribution in [2.45, 2.75) is 46.0 Å². The third-order valence-electron chi connectivity index (χ3n) is 3.59. The van der Waals surface area contributed by atoms with Gasteiger partial charge in [0.2, 0.25) is 5.91 Å². The van der Waals surface area contributed by atoms with Crippen molar-refractivity contribution in [1.82, 2.24) is 5.32 Å². The fourth-order valence-corrected chi connectivity index (χ4v) is 2.59. The Morgan fingerprint density at radius 2 is 1.85 bits per heavy atom. The Kier molecular flexibility index (Phi) is 1.94. The van der Waals surface area contributed by atoms with Crippen molar-refractivity contribution in [3.63, 3.8) is 0 Å². The van der Waals surface area contributed by atoms with Gasteiger partial charge in [0, 0.05) is 5.70 Å². The molecule has 72 valence electrons. The van der Waals surface area contributed by atoms with Gasteiger partial charge in [-0.25, -0.2) is 0 Å². The summed E-state index contributed by atoms with van der Waals surface area (Å²) in [5.41, 5.74) is 2.41. The molecule has 2 rings (SSSR count). The molecule has 0 aromatic carbocycles. The molecule has 0 atom stereocenters. The molecule has 1 aliphatic heterocycles. The molecule has 1 fully saturated rings. The third-order valence-corrected chi connectivity index (χ3v) is 3.59. The smallest absolute Gasteiger partial charge is 0.230 e. The number of amides is 1. The van der Waals surface area contributed by atoms with E-state index in [9.17, 15) is 4.79 Å². The molecule has 0 unspecified atom stereocenters. The second kappa shape index (κ2) is 2.86. The summed E-state index contributed by atoms with van der Waals surface area (Å²) in [6.07, 6.45) is 5.61. The van der Waals surface area contributed by atoms with Gasteiger partial charge in [-0.15, -0.1) is 0 Å². The topological polar surface area (TPSA) is 29.1 Å². The number of allylic oxidation sites excluding steroid dienone is 2. The van der Waals surface area contributed by atoms with Crippen LogP contribution in [0.1, 0.15) is 46.0 Å². The standard InChI is InChI=1S/C11H17NO/c1-8-7-11(5-3-4-6-11)10(13)12-9(8)2/h3-7H2,1-2H3,(H,12,13). The zero-order valence-corrected chi connectivity index (χ0v) is 8.44. The number of hydrogen-bond acceptors (Lipinski definition) is 1. The van der Waals surface area contributed by atoms with E-state index in [1.54, 1.807) is 0 Å². The van der Waals surface area contributed by atoms with Gasteiger partial charge in [-0.3, -0.25) is 4.79 Å². The summed E-state index contributed by atoms with van der Waals surface area (Å²) >= 11 is 0. The van der Waals surface area contributed by atoms with Crippen LogP contribution in [0.2, 0.25) is 0 Å². The Labute approximate surface area is 79.4 Å². The van der Waals surface area contributed by atoms with Gasteiger partial charge in [0.15, 0.2) is 0 Å². The summed E-state index contributed by atoms with van der Waals surface area (Å²) in [7, 11) is 0. The average molecular weight is 179 g/mol. The molecule has 1 saturated carbocycles. The number of hydrogen-bond donors (Lipinski definition) is 1. The molecule has 13 heavy (non-hydrogen) atoms. The van der Waals surface area contributed by atoms with E-state index in [4.69, 9.17) is 0 Å². The molecular formula is C11H17NO. The average Bonchev–Trinajstić information content (AvgIpc) is 2.51. The Morgan fingerprint density at radius 3 is 2.46 bits per heavy atom. The van der Waals surface area contributed by atoms with E-state index in [1.807, 2.05) is 6.92 Å². The van der Waals surface area contributed by atoms with Gasteiger partial charge in [0.25, 0.3) is 0 Å². The molecule has 1 N–H and O–H groups in total. The molecule has 2 nitrogen and oxygen atoms in total. The van der Waals surface area contributed by atoms with Crippen LogP contribution in [0.5, 0.6) is 0 Å². The second-order valence-corrected chi connectivity index (χ2v) is 4.52. The lowest BCUT2D eigenvalue weighted by atomic mass is 9.77. The number of carbonyl (C=O) groups is 1. The van der Waals surface area contributed by atoms with Crippen LogP contribution in [0.3, 0.4) is 0 Å². The van der Waals surface area contributed by atoms with E-state index in [0.29, 0.717) is 0 Å². The van der Waals surface area contributed by atoms with Crippen molar-refractivity contribution in [2.75, 3.05) is 0 Å². The predicted octanol–water partition coefficient (Wildman–Crippen LogP) is 2.36. The monoisotopic (exact) mass is 179 g/mol. The maximum Gasteiger partial charge on any atom is 0.230 e. The fourth-order valence-electron chi connectivity index (χ4n) is 2.59. The molecule has 2 aliphatic rings. The van der Waals surface area contributed by atoms with Crippen molar-refractivity contribution in [2.24, 2.45) is 5.41 Å². The molecule has 1 heterocycles. The van der Waals surface area contributed by atoms with Crippen molar-refractivity contribution >= 4 is 5.91 Å². The maximum absolute atomic E-state index is 11.8. The van der Waals surface area contributed by atoms with Gasteiger partial charge < -0.3 is 5.32 Å². The first kappa shape index (κ1) is 8.79. The van der Waals surface area contributed by atoms with Crippen LogP contribution in [0.15, 0.2) is 11.3 Å². The largest absolute Gasteiger partial charge is 0.330 e. The van der Waals surface area contributed by atoms with Gasteiger partial charge in [0.05, 0.1) is 5.41 Å². The van der Waals surface area contributed by atoms with Gasteiger partial charge >= 0.3 is 0 Å². The van der Waals surface area contributed by atoms with Crippen molar-refractivity contribution in [3.05, 3.63) is 11.3 Å². The highest BCUT2D eigenvalue weighted by Gasteiger charge is 2.43. The molecule has 2 heteroatoms. The summed E-state index contributed by atoms with van der Waals surface area (Å²) < 4.78 is 0. The van der Waals surface area contributed by atoms with Crippen molar-refractivity contribution in [1.29, 1.82) is 0 Å². The van der Waals surface area contributed by atoms with Crippen LogP contribution in [0, 0.1) is 5.41 Å². The van der Waals surface area contributed by atoms with E-state index >= 15 is 0 Å². The van der Waals surface area contributed by atoms with Gasteiger partial charge in [-0.05, 0) is 33.1 Å². The minimum absolute atomic E-state index is 0.0242. The van der Waals surface area contributed by atoms with Gasteiger partial charge in [-0.2, -0.15) is 0 Å². The van der Waals surface area contributed by atoms with E-state index in [2.05, 4.69) is 12.2 Å². The second-order valence-electron chi connectivity index (χ2n) is 4.52. The number of rotatable bonds is 0. The van der Waals surface area contributed by atoms with Crippen molar-refractivity contribution < 1.29 is 4.79 Å². The van der Waals surface area contributed by atoms with Crippen LogP contribution in [0.25, 0.3) is 0 Å². The van der Waals surface area contributed by atoms with Crippen molar-refractivity contribution in [3.8, 4) is 0 Å². The Morgan fingerprint density at radius 1 is 1.23 bits per heavy atom.